The fraction of sp³-hybridized carbons (Fsp3) is 0.483. The minimum atomic E-state index is -2.63. The highest BCUT2D eigenvalue weighted by molar-refractivity contribution is 6.68. The van der Waals surface area contributed by atoms with Crippen LogP contribution in [0.5, 0.6) is 0 Å². The third kappa shape index (κ3) is 4.89. The van der Waals surface area contributed by atoms with Gasteiger partial charge < -0.3 is 29.4 Å². The Hall–Kier alpha value is -3.77. The van der Waals surface area contributed by atoms with Crippen LogP contribution < -0.4 is 10.6 Å². The molecular weight excluding hydrogens is 527 g/mol. The molecule has 2 amide bonds. The van der Waals surface area contributed by atoms with Gasteiger partial charge in [-0.1, -0.05) is 50.2 Å². The number of carbonyl (C=O) groups is 4. The molecule has 0 radical (unpaired) electrons. The second kappa shape index (κ2) is 10.9. The first-order chi connectivity index (χ1) is 19.5. The van der Waals surface area contributed by atoms with Gasteiger partial charge in [-0.05, 0) is 37.8 Å². The van der Waals surface area contributed by atoms with Crippen LogP contribution in [0.15, 0.2) is 48.5 Å². The first-order valence-electron chi connectivity index (χ1n) is 14.3. The first kappa shape index (κ1) is 28.8. The summed E-state index contributed by atoms with van der Waals surface area (Å²) in [5, 5.41) is 16.1. The first-order valence-corrected chi connectivity index (χ1v) is 14.3. The Kier molecular flexibility index (Phi) is 7.65. The molecule has 12 heteroatoms. The van der Waals surface area contributed by atoms with Gasteiger partial charge in [0.05, 0.1) is 17.7 Å². The van der Waals surface area contributed by atoms with Crippen molar-refractivity contribution in [3.8, 4) is 11.3 Å². The molecule has 41 heavy (non-hydrogen) atoms. The molecule has 1 aromatic carbocycles. The summed E-state index contributed by atoms with van der Waals surface area (Å²) in [6, 6.07) is 11.9. The summed E-state index contributed by atoms with van der Waals surface area (Å²) in [5.74, 6) is -3.01. The van der Waals surface area contributed by atoms with Gasteiger partial charge in [-0.15, -0.1) is 0 Å². The van der Waals surface area contributed by atoms with Gasteiger partial charge in [-0.3, -0.25) is 9.59 Å². The second-order valence-corrected chi connectivity index (χ2v) is 12.0. The normalized spacial score (nSPS) is 28.7. The molecule has 2 aromatic rings. The number of aromatic nitrogens is 1. The summed E-state index contributed by atoms with van der Waals surface area (Å²) in [6.45, 7) is 2.66. The molecule has 218 valence electrons. The SMILES string of the molecule is CC(C)C[C@H](NC(=O)[C@@H](NC(=O)c1cccc(-c2ccccc2)n1)[C@@H](C)O)[B-]12OC(=O)[C@@H]3CCC[C@@H](C(=O)O1)[N+]32C. The molecular formula is C29H37BN4O7. The predicted molar refractivity (Wildman–Crippen MR) is 150 cm³/mol. The van der Waals surface area contributed by atoms with E-state index < -0.39 is 60.6 Å². The number of hydrogen-bond donors (Lipinski definition) is 3. The van der Waals surface area contributed by atoms with E-state index in [0.717, 1.165) is 5.56 Å². The van der Waals surface area contributed by atoms with E-state index >= 15 is 0 Å². The van der Waals surface area contributed by atoms with Gasteiger partial charge in [0.1, 0.15) is 23.8 Å². The molecule has 1 aromatic heterocycles. The van der Waals surface area contributed by atoms with Crippen molar-refractivity contribution in [3.05, 3.63) is 54.2 Å². The molecule has 5 atom stereocenters. The molecule has 5 rings (SSSR count). The smallest absolute Gasteiger partial charge is 0.599 e. The minimum absolute atomic E-state index is 0.0166. The van der Waals surface area contributed by atoms with Crippen LogP contribution in [0.2, 0.25) is 0 Å². The van der Waals surface area contributed by atoms with Gasteiger partial charge in [0.25, 0.3) is 5.91 Å². The average molecular weight is 564 g/mol. The zero-order chi connectivity index (χ0) is 29.5. The number of likely N-dealkylation sites (N-methyl/N-ethyl adjacent to an activating group) is 1. The molecule has 3 fully saturated rings. The standard InChI is InChI=1S/C29H37BN4O7/c1-17(2)16-24(30-34(4)22(28(38)40-30)14-9-15-23(34)29(39)41-30)32-27(37)25(18(3)35)33-26(36)21-13-8-12-20(31-21)19-10-6-5-7-11-19/h5-8,10-13,17-18,22-25,35H,9,14-16H2,1-4H3,(H,32,37)(H,33,36)/t18-,22+,23+,24+,25+,30?,34?/m1/s1. The Balaban J connectivity index is 1.40. The highest BCUT2D eigenvalue weighted by atomic mass is 16.7. The lowest BCUT2D eigenvalue weighted by atomic mass is 9.56. The number of rotatable bonds is 9. The number of carbonyl (C=O) groups excluding carboxylic acids is 4. The van der Waals surface area contributed by atoms with E-state index in [1.807, 2.05) is 51.2 Å². The maximum atomic E-state index is 13.7. The van der Waals surface area contributed by atoms with Crippen LogP contribution in [0.3, 0.4) is 0 Å². The van der Waals surface area contributed by atoms with Crippen molar-refractivity contribution in [2.45, 2.75) is 76.6 Å². The molecule has 0 bridgehead atoms. The molecule has 3 saturated heterocycles. The lowest BCUT2D eigenvalue weighted by Crippen LogP contribution is -2.76. The van der Waals surface area contributed by atoms with Crippen LogP contribution in [-0.4, -0.2) is 82.1 Å². The summed E-state index contributed by atoms with van der Waals surface area (Å²) in [7, 11) is 1.81. The van der Waals surface area contributed by atoms with Gasteiger partial charge in [0, 0.05) is 25.5 Å². The minimum Gasteiger partial charge on any atom is -0.599 e. The van der Waals surface area contributed by atoms with Crippen LogP contribution in [0.4, 0.5) is 0 Å². The Morgan fingerprint density at radius 1 is 1.00 bits per heavy atom. The Labute approximate surface area is 239 Å². The van der Waals surface area contributed by atoms with Gasteiger partial charge in [-0.2, -0.15) is 0 Å². The van der Waals surface area contributed by atoms with Crippen molar-refractivity contribution in [1.29, 1.82) is 0 Å². The van der Waals surface area contributed by atoms with E-state index in [9.17, 15) is 24.3 Å². The lowest BCUT2D eigenvalue weighted by molar-refractivity contribution is -0.850. The number of nitrogens with zero attached hydrogens (tertiary/aromatic N) is 2. The van der Waals surface area contributed by atoms with E-state index in [0.29, 0.717) is 31.4 Å². The largest absolute Gasteiger partial charge is 0.605 e. The molecule has 4 heterocycles. The number of amides is 2. The fourth-order valence-electron chi connectivity index (χ4n) is 6.83. The number of aliphatic hydroxyl groups excluding tert-OH is 1. The van der Waals surface area contributed by atoms with Crippen LogP contribution >= 0.6 is 0 Å². The summed E-state index contributed by atoms with van der Waals surface area (Å²) in [4.78, 5) is 57.4. The van der Waals surface area contributed by atoms with E-state index in [2.05, 4.69) is 15.6 Å². The van der Waals surface area contributed by atoms with Crippen LogP contribution in [0.25, 0.3) is 11.3 Å². The average Bonchev–Trinajstić information content (AvgIpc) is 3.31. The lowest BCUT2D eigenvalue weighted by Gasteiger charge is -2.52. The third-order valence-electron chi connectivity index (χ3n) is 8.85. The van der Waals surface area contributed by atoms with Crippen LogP contribution in [0, 0.1) is 5.92 Å². The van der Waals surface area contributed by atoms with Crippen molar-refractivity contribution in [2.24, 2.45) is 5.92 Å². The molecule has 0 spiro atoms. The number of nitrogens with one attached hydrogen (secondary N) is 2. The number of quaternary nitrogens is 1. The molecule has 11 nitrogen and oxygen atoms in total. The van der Waals surface area contributed by atoms with Crippen molar-refractivity contribution in [1.82, 2.24) is 15.6 Å². The van der Waals surface area contributed by atoms with Crippen molar-refractivity contribution in [2.75, 3.05) is 7.05 Å². The fourth-order valence-corrected chi connectivity index (χ4v) is 6.83. The van der Waals surface area contributed by atoms with Crippen molar-refractivity contribution in [3.63, 3.8) is 0 Å². The molecule has 0 saturated carbocycles. The second-order valence-electron chi connectivity index (χ2n) is 12.0. The topological polar surface area (TPSA) is 144 Å². The van der Waals surface area contributed by atoms with Crippen LogP contribution in [-0.2, 0) is 23.7 Å². The molecule has 3 aliphatic heterocycles. The maximum absolute atomic E-state index is 13.7. The monoisotopic (exact) mass is 564 g/mol. The predicted octanol–water partition coefficient (Wildman–Crippen LogP) is 1.72. The highest BCUT2D eigenvalue weighted by Gasteiger charge is 2.77. The molecule has 3 aliphatic rings. The van der Waals surface area contributed by atoms with E-state index in [-0.39, 0.29) is 16.0 Å². The van der Waals surface area contributed by atoms with Crippen molar-refractivity contribution < 1.29 is 38.0 Å². The molecule has 3 N–H and O–H groups in total. The van der Waals surface area contributed by atoms with Gasteiger partial charge in [0.2, 0.25) is 5.91 Å². The zero-order valence-electron chi connectivity index (χ0n) is 23.8. The summed E-state index contributed by atoms with van der Waals surface area (Å²) in [5.41, 5.74) is 1.50. The number of hydrogen-bond acceptors (Lipinski definition) is 8. The van der Waals surface area contributed by atoms with Gasteiger partial charge in [-0.25, -0.2) is 14.6 Å². The van der Waals surface area contributed by atoms with E-state index in [4.69, 9.17) is 9.31 Å². The summed E-state index contributed by atoms with van der Waals surface area (Å²) < 4.78 is 11.9. The Morgan fingerprint density at radius 3 is 2.22 bits per heavy atom. The number of pyridine rings is 1. The number of benzene rings is 1. The van der Waals surface area contributed by atoms with Gasteiger partial charge >= 0.3 is 18.6 Å². The van der Waals surface area contributed by atoms with E-state index in [1.165, 1.54) is 13.0 Å². The van der Waals surface area contributed by atoms with E-state index in [1.54, 1.807) is 12.1 Å². The molecule has 0 unspecified atom stereocenters. The number of piperidine rings is 1. The Morgan fingerprint density at radius 2 is 1.63 bits per heavy atom. The van der Waals surface area contributed by atoms with Crippen LogP contribution in [0.1, 0.15) is 56.9 Å². The summed E-state index contributed by atoms with van der Waals surface area (Å²) >= 11 is 0. The zero-order valence-corrected chi connectivity index (χ0v) is 23.8. The summed E-state index contributed by atoms with van der Waals surface area (Å²) in [6.07, 6.45) is 0.918. The molecule has 0 aliphatic carbocycles. The third-order valence-corrected chi connectivity index (χ3v) is 8.85. The quantitative estimate of drug-likeness (QED) is 0.391. The number of aliphatic hydroxyl groups is 1. The van der Waals surface area contributed by atoms with Crippen molar-refractivity contribution >= 4 is 30.4 Å². The van der Waals surface area contributed by atoms with Gasteiger partial charge in [0.15, 0.2) is 0 Å². The highest BCUT2D eigenvalue weighted by Crippen LogP contribution is 2.49. The maximum Gasteiger partial charge on any atom is 0.605 e. The Bertz CT molecular complexity index is 1330.